The summed E-state index contributed by atoms with van der Waals surface area (Å²) in [6, 6.07) is 6.16. The lowest BCUT2D eigenvalue weighted by Crippen LogP contribution is -2.47. The molecule has 5 nitrogen and oxygen atoms in total. The molecular weight excluding hydrogens is 302 g/mol. The molecule has 0 saturated carbocycles. The summed E-state index contributed by atoms with van der Waals surface area (Å²) in [7, 11) is 0. The van der Waals surface area contributed by atoms with E-state index in [9.17, 15) is 4.79 Å². The Morgan fingerprint density at radius 3 is 2.67 bits per heavy atom. The Bertz CT molecular complexity index is 562. The molecular formula is C19H29N3O2. The van der Waals surface area contributed by atoms with Crippen LogP contribution in [-0.2, 0) is 4.74 Å². The van der Waals surface area contributed by atoms with Crippen molar-refractivity contribution in [3.63, 3.8) is 0 Å². The van der Waals surface area contributed by atoms with Gasteiger partial charge in [0.25, 0.3) is 0 Å². The zero-order valence-corrected chi connectivity index (χ0v) is 14.8. The van der Waals surface area contributed by atoms with Crippen LogP contribution in [-0.4, -0.2) is 49.3 Å². The third-order valence-corrected chi connectivity index (χ3v) is 5.17. The summed E-state index contributed by atoms with van der Waals surface area (Å²) < 4.78 is 5.71. The Balaban J connectivity index is 1.40. The molecule has 2 heterocycles. The lowest BCUT2D eigenvalue weighted by Gasteiger charge is -2.33. The lowest BCUT2D eigenvalue weighted by atomic mass is 10.0. The minimum absolute atomic E-state index is 0.101. The minimum Gasteiger partial charge on any atom is -0.377 e. The van der Waals surface area contributed by atoms with E-state index in [4.69, 9.17) is 4.74 Å². The number of piperidine rings is 1. The molecule has 0 unspecified atom stereocenters. The Morgan fingerprint density at radius 1 is 1.21 bits per heavy atom. The van der Waals surface area contributed by atoms with E-state index in [1.807, 2.05) is 18.2 Å². The number of likely N-dealkylation sites (tertiary alicyclic amines) is 1. The van der Waals surface area contributed by atoms with Crippen LogP contribution in [0.25, 0.3) is 0 Å². The molecule has 1 atom stereocenters. The van der Waals surface area contributed by atoms with Crippen LogP contribution in [0.4, 0.5) is 10.5 Å². The summed E-state index contributed by atoms with van der Waals surface area (Å²) in [5.74, 6) is 0. The number of anilines is 1. The number of nitrogens with one attached hydrogen (secondary N) is 2. The predicted molar refractivity (Wildman–Crippen MR) is 96.5 cm³/mol. The topological polar surface area (TPSA) is 53.6 Å². The first-order valence-corrected chi connectivity index (χ1v) is 9.09. The van der Waals surface area contributed by atoms with Gasteiger partial charge >= 0.3 is 6.03 Å². The predicted octanol–water partition coefficient (Wildman–Crippen LogP) is 3.07. The third kappa shape index (κ3) is 4.71. The van der Waals surface area contributed by atoms with Crippen LogP contribution in [0.1, 0.15) is 36.8 Å². The summed E-state index contributed by atoms with van der Waals surface area (Å²) >= 11 is 0. The summed E-state index contributed by atoms with van der Waals surface area (Å²) in [5.41, 5.74) is 3.28. The van der Waals surface area contributed by atoms with Crippen molar-refractivity contribution in [1.82, 2.24) is 10.2 Å². The van der Waals surface area contributed by atoms with Gasteiger partial charge in [-0.1, -0.05) is 6.07 Å². The molecule has 0 aromatic heterocycles. The Morgan fingerprint density at radius 2 is 2.00 bits per heavy atom. The number of urea groups is 1. The van der Waals surface area contributed by atoms with E-state index in [0.29, 0.717) is 6.10 Å². The fourth-order valence-electron chi connectivity index (χ4n) is 3.51. The second-order valence-corrected chi connectivity index (χ2v) is 7.11. The molecule has 2 aliphatic heterocycles. The quantitative estimate of drug-likeness (QED) is 0.891. The summed E-state index contributed by atoms with van der Waals surface area (Å²) in [6.07, 6.45) is 4.82. The molecule has 0 bridgehead atoms. The van der Waals surface area contributed by atoms with E-state index in [1.165, 1.54) is 24.0 Å². The average molecular weight is 331 g/mol. The average Bonchev–Trinajstić information content (AvgIpc) is 3.06. The first-order valence-electron chi connectivity index (χ1n) is 9.09. The summed E-state index contributed by atoms with van der Waals surface area (Å²) in [4.78, 5) is 14.6. The molecule has 2 aliphatic rings. The van der Waals surface area contributed by atoms with Gasteiger partial charge in [0.1, 0.15) is 0 Å². The smallest absolute Gasteiger partial charge is 0.319 e. The Labute approximate surface area is 144 Å². The molecule has 0 spiro atoms. The maximum atomic E-state index is 12.2. The molecule has 0 radical (unpaired) electrons. The highest BCUT2D eigenvalue weighted by Crippen LogP contribution is 2.17. The first-order chi connectivity index (χ1) is 11.6. The summed E-state index contributed by atoms with van der Waals surface area (Å²) in [5, 5.41) is 6.05. The van der Waals surface area contributed by atoms with E-state index in [-0.39, 0.29) is 12.1 Å². The maximum Gasteiger partial charge on any atom is 0.319 e. The van der Waals surface area contributed by atoms with Gasteiger partial charge in [0.15, 0.2) is 0 Å². The van der Waals surface area contributed by atoms with E-state index in [1.54, 1.807) is 0 Å². The van der Waals surface area contributed by atoms with Crippen molar-refractivity contribution in [2.24, 2.45) is 0 Å². The SMILES string of the molecule is Cc1ccc(NC(=O)NC2CCN(C[C@H]3CCCO3)CC2)cc1C. The number of nitrogens with zero attached hydrogens (tertiary/aromatic N) is 1. The maximum absolute atomic E-state index is 12.2. The number of ether oxygens (including phenoxy) is 1. The summed E-state index contributed by atoms with van der Waals surface area (Å²) in [6.45, 7) is 8.16. The molecule has 1 aromatic carbocycles. The van der Waals surface area contributed by atoms with Crippen molar-refractivity contribution >= 4 is 11.7 Å². The standard InChI is InChI=1S/C19H29N3O2/c1-14-5-6-17(12-15(14)2)21-19(23)20-16-7-9-22(10-8-16)13-18-4-3-11-24-18/h5-6,12,16,18H,3-4,7-11,13H2,1-2H3,(H2,20,21,23)/t18-/m1/s1. The molecule has 5 heteroatoms. The van der Waals surface area contributed by atoms with Crippen molar-refractivity contribution in [2.45, 2.75) is 51.7 Å². The van der Waals surface area contributed by atoms with Crippen LogP contribution in [0.2, 0.25) is 0 Å². The van der Waals surface area contributed by atoms with E-state index >= 15 is 0 Å². The minimum atomic E-state index is -0.101. The highest BCUT2D eigenvalue weighted by molar-refractivity contribution is 5.89. The number of hydrogen-bond donors (Lipinski definition) is 2. The normalized spacial score (nSPS) is 22.5. The molecule has 2 amide bonds. The zero-order chi connectivity index (χ0) is 16.9. The number of carbonyl (C=O) groups excluding carboxylic acids is 1. The number of benzene rings is 1. The van der Waals surface area contributed by atoms with Crippen molar-refractivity contribution in [2.75, 3.05) is 31.6 Å². The number of hydrogen-bond acceptors (Lipinski definition) is 3. The van der Waals surface area contributed by atoms with Gasteiger partial charge < -0.3 is 20.3 Å². The number of aryl methyl sites for hydroxylation is 2. The number of rotatable bonds is 4. The van der Waals surface area contributed by atoms with Gasteiger partial charge in [0.05, 0.1) is 6.10 Å². The van der Waals surface area contributed by atoms with Crippen LogP contribution in [0.15, 0.2) is 18.2 Å². The van der Waals surface area contributed by atoms with Crippen LogP contribution < -0.4 is 10.6 Å². The third-order valence-electron chi connectivity index (χ3n) is 5.17. The molecule has 0 aliphatic carbocycles. The van der Waals surface area contributed by atoms with Gasteiger partial charge in [-0.15, -0.1) is 0 Å². The fraction of sp³-hybridized carbons (Fsp3) is 0.632. The molecule has 2 fully saturated rings. The van der Waals surface area contributed by atoms with E-state index in [2.05, 4.69) is 29.4 Å². The van der Waals surface area contributed by atoms with Crippen molar-refractivity contribution < 1.29 is 9.53 Å². The van der Waals surface area contributed by atoms with E-state index in [0.717, 1.165) is 44.8 Å². The second-order valence-electron chi connectivity index (χ2n) is 7.11. The fourth-order valence-corrected chi connectivity index (χ4v) is 3.51. The van der Waals surface area contributed by atoms with Crippen LogP contribution in [0.3, 0.4) is 0 Å². The van der Waals surface area contributed by atoms with Crippen molar-refractivity contribution in [3.8, 4) is 0 Å². The zero-order valence-electron chi connectivity index (χ0n) is 14.8. The van der Waals surface area contributed by atoms with Gasteiger partial charge in [0.2, 0.25) is 0 Å². The molecule has 2 saturated heterocycles. The first kappa shape index (κ1) is 17.2. The second kappa shape index (κ2) is 7.99. The van der Waals surface area contributed by atoms with Crippen molar-refractivity contribution in [1.29, 1.82) is 0 Å². The Hall–Kier alpha value is -1.59. The van der Waals surface area contributed by atoms with Gasteiger partial charge in [0, 0.05) is 38.0 Å². The molecule has 2 N–H and O–H groups in total. The van der Waals surface area contributed by atoms with Crippen LogP contribution in [0, 0.1) is 13.8 Å². The Kier molecular flexibility index (Phi) is 5.74. The number of carbonyl (C=O) groups is 1. The molecule has 1 aromatic rings. The molecule has 132 valence electrons. The highest BCUT2D eigenvalue weighted by Gasteiger charge is 2.24. The van der Waals surface area contributed by atoms with Crippen molar-refractivity contribution in [3.05, 3.63) is 29.3 Å². The van der Waals surface area contributed by atoms with Gasteiger partial charge in [-0.05, 0) is 62.8 Å². The van der Waals surface area contributed by atoms with E-state index < -0.39 is 0 Å². The van der Waals surface area contributed by atoms with Crippen LogP contribution in [0.5, 0.6) is 0 Å². The van der Waals surface area contributed by atoms with Crippen LogP contribution >= 0.6 is 0 Å². The molecule has 24 heavy (non-hydrogen) atoms. The number of amides is 2. The van der Waals surface area contributed by atoms with Gasteiger partial charge in [-0.25, -0.2) is 4.79 Å². The van der Waals surface area contributed by atoms with Gasteiger partial charge in [-0.2, -0.15) is 0 Å². The highest BCUT2D eigenvalue weighted by atomic mass is 16.5. The monoisotopic (exact) mass is 331 g/mol. The lowest BCUT2D eigenvalue weighted by molar-refractivity contribution is 0.0633. The largest absolute Gasteiger partial charge is 0.377 e. The van der Waals surface area contributed by atoms with Gasteiger partial charge in [-0.3, -0.25) is 0 Å². The molecule has 3 rings (SSSR count).